The van der Waals surface area contributed by atoms with Gasteiger partial charge >= 0.3 is 0 Å². The first kappa shape index (κ1) is 39.2. The van der Waals surface area contributed by atoms with E-state index >= 15 is 0 Å². The second-order valence-electron chi connectivity index (χ2n) is 0. The van der Waals surface area contributed by atoms with Crippen LogP contribution < -0.4 is 0 Å². The molecule has 0 unspecified atom stereocenters. The van der Waals surface area contributed by atoms with E-state index in [1.54, 1.807) is 0 Å². The minimum Gasteiger partial charge on any atom is 0 e. The minimum absolute atomic E-state index is 0. The Morgan fingerprint density at radius 1 is 0.800 bits per heavy atom. The maximum atomic E-state index is 0. The van der Waals surface area contributed by atoms with E-state index < -0.39 is 0 Å². The van der Waals surface area contributed by atoms with Crippen LogP contribution in [0.15, 0.2) is 0 Å². The van der Waals surface area contributed by atoms with Gasteiger partial charge in [-0.15, -0.1) is 0 Å². The number of hydrogen-bond donors (Lipinski definition) is 0. The molecule has 0 nitrogen and oxygen atoms in total. The Hall–Kier alpha value is 3.48. The molecule has 0 aromatic heterocycles. The molecule has 0 aromatic carbocycles. The molecule has 16 valence electrons. The van der Waals surface area contributed by atoms with Crippen LogP contribution >= 0.6 is 13.5 Å². The number of hydrogen-bond acceptors (Lipinski definition) is 0. The molecule has 0 saturated heterocycles. The third kappa shape index (κ3) is 18.5. The Kier molecular flexibility index (Phi) is 203. The molecule has 0 aliphatic carbocycles. The van der Waals surface area contributed by atoms with E-state index in [1.807, 2.05) is 0 Å². The summed E-state index contributed by atoms with van der Waals surface area (Å²) in [7, 11) is 0. The van der Waals surface area contributed by atoms with Gasteiger partial charge in [0.1, 0.15) is 0 Å². The van der Waals surface area contributed by atoms with Gasteiger partial charge in [-0.2, -0.15) is 0 Å². The van der Waals surface area contributed by atoms with E-state index in [-0.39, 0.29) is 108 Å². The van der Waals surface area contributed by atoms with Crippen LogP contribution in [0.4, 0.5) is 0 Å². The molecule has 0 amide bonds. The molecule has 5 heteroatoms. The fraction of sp³-hybridized carbons (Fsp3) is 0. The van der Waals surface area contributed by atoms with Crippen molar-refractivity contribution < 1.29 is 19.5 Å². The van der Waals surface area contributed by atoms with Crippen LogP contribution in [-0.4, -0.2) is 74.7 Å². The number of rotatable bonds is 0. The van der Waals surface area contributed by atoms with Gasteiger partial charge in [-0.1, -0.05) is 0 Å². The Labute approximate surface area is 106 Å². The van der Waals surface area contributed by atoms with Gasteiger partial charge in [-0.05, 0) is 0 Å². The van der Waals surface area contributed by atoms with Gasteiger partial charge in [-0.3, -0.25) is 0 Å². The normalized spacial score (nSPS) is 0. The summed E-state index contributed by atoms with van der Waals surface area (Å²) in [6.45, 7) is 0. The third-order valence-corrected chi connectivity index (χ3v) is 0. The first-order valence-corrected chi connectivity index (χ1v) is 0. The quantitative estimate of drug-likeness (QED) is 0.517. The monoisotopic (exact) mass is 350 g/mol. The first-order valence-electron chi connectivity index (χ1n) is 0. The standard InChI is InChI=1S/2In.Mg.S.Zn. The van der Waals surface area contributed by atoms with Crippen molar-refractivity contribution in [1.29, 1.82) is 0 Å². The molecule has 5 heavy (non-hydrogen) atoms. The van der Waals surface area contributed by atoms with Crippen LogP contribution in [0.25, 0.3) is 0 Å². The zero-order valence-electron chi connectivity index (χ0n) is 2.98. The summed E-state index contributed by atoms with van der Waals surface area (Å²) in [4.78, 5) is 0. The minimum atomic E-state index is 0. The second kappa shape index (κ2) is 25.9. The Morgan fingerprint density at radius 3 is 0.800 bits per heavy atom. The molecule has 0 atom stereocenters. The van der Waals surface area contributed by atoms with Crippen molar-refractivity contribution in [3.63, 3.8) is 0 Å². The van der Waals surface area contributed by atoms with E-state index in [2.05, 4.69) is 0 Å². The van der Waals surface area contributed by atoms with E-state index in [1.165, 1.54) is 0 Å². The summed E-state index contributed by atoms with van der Waals surface area (Å²) < 4.78 is 0. The van der Waals surface area contributed by atoms with E-state index in [0.717, 1.165) is 0 Å². The fourth-order valence-corrected chi connectivity index (χ4v) is 0. The summed E-state index contributed by atoms with van der Waals surface area (Å²) in [5.74, 6) is 0. The smallest absolute Gasteiger partial charge is 0 e. The van der Waals surface area contributed by atoms with Crippen LogP contribution in [0, 0.1) is 0 Å². The largest absolute Gasteiger partial charge is 0 e. The van der Waals surface area contributed by atoms with Gasteiger partial charge in [-0.25, -0.2) is 0 Å². The maximum Gasteiger partial charge on any atom is 0 e. The van der Waals surface area contributed by atoms with Gasteiger partial charge in [0.25, 0.3) is 0 Å². The van der Waals surface area contributed by atoms with Crippen LogP contribution in [0.2, 0.25) is 0 Å². The van der Waals surface area contributed by atoms with Gasteiger partial charge in [0.15, 0.2) is 0 Å². The van der Waals surface area contributed by atoms with E-state index in [9.17, 15) is 0 Å². The molecular formula is In2MgSZn. The first-order chi connectivity index (χ1) is 0. The van der Waals surface area contributed by atoms with Crippen LogP contribution in [-0.2, 0) is 19.5 Å². The average Bonchev–Trinajstić information content (AvgIpc) is 0. The van der Waals surface area contributed by atoms with Crippen molar-refractivity contribution in [1.82, 2.24) is 0 Å². The molecule has 0 aromatic rings. The zero-order chi connectivity index (χ0) is 0. The molecular weight excluding hydrogens is 351 g/mol. The zero-order valence-corrected chi connectivity index (χ0v) is 14.8. The van der Waals surface area contributed by atoms with Crippen molar-refractivity contribution in [3.05, 3.63) is 0 Å². The maximum absolute atomic E-state index is 0. The predicted molar refractivity (Wildman–Crippen MR) is 24.9 cm³/mol. The molecule has 10 radical (unpaired) electrons. The van der Waals surface area contributed by atoms with Gasteiger partial charge in [0, 0.05) is 108 Å². The summed E-state index contributed by atoms with van der Waals surface area (Å²) in [5, 5.41) is 0. The fourth-order valence-electron chi connectivity index (χ4n) is 0. The molecule has 0 N–H and O–H groups in total. The van der Waals surface area contributed by atoms with Crippen molar-refractivity contribution in [2.45, 2.75) is 0 Å². The van der Waals surface area contributed by atoms with Gasteiger partial charge in [0.05, 0.1) is 0 Å². The van der Waals surface area contributed by atoms with Crippen molar-refractivity contribution in [2.75, 3.05) is 0 Å². The van der Waals surface area contributed by atoms with Crippen LogP contribution in [0.1, 0.15) is 0 Å². The summed E-state index contributed by atoms with van der Waals surface area (Å²) in [6.07, 6.45) is 0. The Bertz CT molecular complexity index is 9.61. The van der Waals surface area contributed by atoms with Gasteiger partial charge < -0.3 is 0 Å². The third-order valence-electron chi connectivity index (χ3n) is 0. The Balaban J connectivity index is 0. The predicted octanol–water partition coefficient (Wildman–Crippen LogP) is -0.497. The van der Waals surface area contributed by atoms with Gasteiger partial charge in [0.2, 0.25) is 0 Å². The van der Waals surface area contributed by atoms with Crippen LogP contribution in [0.5, 0.6) is 0 Å². The average molecular weight is 351 g/mol. The molecule has 0 heterocycles. The molecule has 0 bridgehead atoms. The Morgan fingerprint density at radius 2 is 0.800 bits per heavy atom. The molecule has 0 aliphatic rings. The molecule has 0 fully saturated rings. The van der Waals surface area contributed by atoms with Crippen molar-refractivity contribution in [2.24, 2.45) is 0 Å². The second-order valence-corrected chi connectivity index (χ2v) is 0. The van der Waals surface area contributed by atoms with E-state index in [4.69, 9.17) is 0 Å². The van der Waals surface area contributed by atoms with Crippen molar-refractivity contribution in [3.8, 4) is 0 Å². The summed E-state index contributed by atoms with van der Waals surface area (Å²) in [6, 6.07) is 0. The van der Waals surface area contributed by atoms with Crippen LogP contribution in [0.3, 0.4) is 0 Å². The molecule has 0 rings (SSSR count). The topological polar surface area (TPSA) is 0 Å². The van der Waals surface area contributed by atoms with Crippen molar-refractivity contribution >= 4 is 88.2 Å². The summed E-state index contributed by atoms with van der Waals surface area (Å²) >= 11 is 0. The summed E-state index contributed by atoms with van der Waals surface area (Å²) in [5.41, 5.74) is 0. The molecule has 0 saturated carbocycles. The van der Waals surface area contributed by atoms with E-state index in [0.29, 0.717) is 0 Å². The molecule has 0 aliphatic heterocycles. The molecule has 0 spiro atoms. The SMILES string of the molecule is [In].[In].[Mg].[S].[Zn].